The summed E-state index contributed by atoms with van der Waals surface area (Å²) in [6.45, 7) is 0. The first-order valence-corrected chi connectivity index (χ1v) is 5.86. The van der Waals surface area contributed by atoms with Gasteiger partial charge in [0.1, 0.15) is 5.82 Å². The first kappa shape index (κ1) is 11.5. The normalized spacial score (nSPS) is 10.8. The van der Waals surface area contributed by atoms with Crippen LogP contribution in [-0.2, 0) is 0 Å². The number of phenols is 2. The van der Waals surface area contributed by atoms with E-state index in [1.807, 2.05) is 12.1 Å². The van der Waals surface area contributed by atoms with Crippen molar-refractivity contribution in [3.63, 3.8) is 0 Å². The molecule has 0 aliphatic carbocycles. The van der Waals surface area contributed by atoms with Crippen LogP contribution in [0, 0.1) is 5.82 Å². The molecule has 3 heteroatoms. The number of rotatable bonds is 1. The highest BCUT2D eigenvalue weighted by molar-refractivity contribution is 5.93. The number of hydrogen-bond donors (Lipinski definition) is 2. The Bertz CT molecular complexity index is 766. The van der Waals surface area contributed by atoms with Crippen molar-refractivity contribution in [3.05, 3.63) is 60.4 Å². The van der Waals surface area contributed by atoms with E-state index in [2.05, 4.69) is 0 Å². The molecule has 0 radical (unpaired) electrons. The van der Waals surface area contributed by atoms with Crippen LogP contribution in [0.5, 0.6) is 11.5 Å². The molecule has 0 fully saturated rings. The van der Waals surface area contributed by atoms with E-state index in [1.165, 1.54) is 18.2 Å². The van der Waals surface area contributed by atoms with Gasteiger partial charge in [0.2, 0.25) is 0 Å². The van der Waals surface area contributed by atoms with Crippen molar-refractivity contribution in [2.24, 2.45) is 0 Å². The minimum Gasteiger partial charge on any atom is -0.504 e. The molecule has 0 amide bonds. The lowest BCUT2D eigenvalue weighted by Crippen LogP contribution is -1.81. The monoisotopic (exact) mass is 254 g/mol. The molecule has 3 aromatic carbocycles. The lowest BCUT2D eigenvalue weighted by Gasteiger charge is -2.06. The first-order chi connectivity index (χ1) is 9.15. The third-order valence-electron chi connectivity index (χ3n) is 3.13. The predicted molar refractivity (Wildman–Crippen MR) is 72.7 cm³/mol. The summed E-state index contributed by atoms with van der Waals surface area (Å²) in [6.07, 6.45) is 0. The molecule has 0 atom stereocenters. The zero-order valence-electron chi connectivity index (χ0n) is 9.97. The molecule has 19 heavy (non-hydrogen) atoms. The van der Waals surface area contributed by atoms with Crippen LogP contribution in [0.2, 0.25) is 0 Å². The number of fused-ring (bicyclic) bond motifs is 1. The van der Waals surface area contributed by atoms with E-state index in [4.69, 9.17) is 0 Å². The fraction of sp³-hybridized carbons (Fsp3) is 0. The molecule has 0 aromatic heterocycles. The molecule has 0 aliphatic rings. The standard InChI is InChI=1S/C16H11FO2/c17-13-3-1-2-10(9-13)11-4-6-14-12(8-11)5-7-15(18)16(14)19/h1-9,18-19H. The van der Waals surface area contributed by atoms with E-state index in [0.717, 1.165) is 16.5 Å². The minimum atomic E-state index is -0.286. The molecule has 0 bridgehead atoms. The Balaban J connectivity index is 2.20. The highest BCUT2D eigenvalue weighted by Gasteiger charge is 2.07. The van der Waals surface area contributed by atoms with Crippen LogP contribution in [0.4, 0.5) is 4.39 Å². The van der Waals surface area contributed by atoms with Gasteiger partial charge in [-0.3, -0.25) is 0 Å². The van der Waals surface area contributed by atoms with Gasteiger partial charge in [-0.2, -0.15) is 0 Å². The van der Waals surface area contributed by atoms with Gasteiger partial charge in [0, 0.05) is 5.39 Å². The number of phenolic OH excluding ortho intramolecular Hbond substituents is 2. The molecule has 0 saturated heterocycles. The summed E-state index contributed by atoms with van der Waals surface area (Å²) in [6, 6.07) is 14.8. The maximum Gasteiger partial charge on any atom is 0.165 e. The summed E-state index contributed by atoms with van der Waals surface area (Å²) in [5.41, 5.74) is 1.63. The summed E-state index contributed by atoms with van der Waals surface area (Å²) >= 11 is 0. The lowest BCUT2D eigenvalue weighted by atomic mass is 10.0. The smallest absolute Gasteiger partial charge is 0.165 e. The topological polar surface area (TPSA) is 40.5 Å². The van der Waals surface area contributed by atoms with E-state index in [9.17, 15) is 14.6 Å². The number of aromatic hydroxyl groups is 2. The van der Waals surface area contributed by atoms with Gasteiger partial charge in [0.15, 0.2) is 11.5 Å². The van der Waals surface area contributed by atoms with Crippen molar-refractivity contribution in [2.45, 2.75) is 0 Å². The average Bonchev–Trinajstić information content (AvgIpc) is 2.43. The summed E-state index contributed by atoms with van der Waals surface area (Å²) in [5, 5.41) is 20.6. The molecule has 0 heterocycles. The fourth-order valence-electron chi connectivity index (χ4n) is 2.15. The van der Waals surface area contributed by atoms with Crippen molar-refractivity contribution in [1.29, 1.82) is 0 Å². The fourth-order valence-corrected chi connectivity index (χ4v) is 2.15. The van der Waals surface area contributed by atoms with Gasteiger partial charge in [0.05, 0.1) is 0 Å². The lowest BCUT2D eigenvalue weighted by molar-refractivity contribution is 0.408. The second kappa shape index (κ2) is 4.28. The summed E-state index contributed by atoms with van der Waals surface area (Å²) in [7, 11) is 0. The molecule has 0 aliphatic heterocycles. The van der Waals surface area contributed by atoms with Crippen LogP contribution in [0.25, 0.3) is 21.9 Å². The maximum atomic E-state index is 13.2. The van der Waals surface area contributed by atoms with Crippen molar-refractivity contribution in [3.8, 4) is 22.6 Å². The first-order valence-electron chi connectivity index (χ1n) is 5.86. The highest BCUT2D eigenvalue weighted by Crippen LogP contribution is 2.35. The van der Waals surface area contributed by atoms with Gasteiger partial charge in [-0.25, -0.2) is 4.39 Å². The molecule has 3 rings (SSSR count). The van der Waals surface area contributed by atoms with E-state index < -0.39 is 0 Å². The molecule has 0 saturated carbocycles. The molecule has 2 N–H and O–H groups in total. The van der Waals surface area contributed by atoms with Gasteiger partial charge in [0.25, 0.3) is 0 Å². The zero-order chi connectivity index (χ0) is 13.4. The third-order valence-corrected chi connectivity index (χ3v) is 3.13. The van der Waals surface area contributed by atoms with Crippen LogP contribution in [0.15, 0.2) is 54.6 Å². The molecule has 0 unspecified atom stereocenters. The summed E-state index contributed by atoms with van der Waals surface area (Å²) in [4.78, 5) is 0. The van der Waals surface area contributed by atoms with Crippen molar-refractivity contribution in [1.82, 2.24) is 0 Å². The maximum absolute atomic E-state index is 13.2. The Hall–Kier alpha value is -2.55. The number of halogens is 1. The molecule has 2 nitrogen and oxygen atoms in total. The molecular weight excluding hydrogens is 243 g/mol. The Labute approximate surface area is 109 Å². The van der Waals surface area contributed by atoms with Gasteiger partial charge in [-0.1, -0.05) is 24.3 Å². The Morgan fingerprint density at radius 1 is 0.789 bits per heavy atom. The van der Waals surface area contributed by atoms with Crippen LogP contribution in [0.3, 0.4) is 0 Å². The van der Waals surface area contributed by atoms with E-state index in [-0.39, 0.29) is 17.3 Å². The second-order valence-corrected chi connectivity index (χ2v) is 4.38. The second-order valence-electron chi connectivity index (χ2n) is 4.38. The quantitative estimate of drug-likeness (QED) is 0.643. The molecule has 94 valence electrons. The Morgan fingerprint density at radius 2 is 1.58 bits per heavy atom. The van der Waals surface area contributed by atoms with E-state index >= 15 is 0 Å². The van der Waals surface area contributed by atoms with Crippen LogP contribution < -0.4 is 0 Å². The SMILES string of the molecule is Oc1ccc2cc(-c3cccc(F)c3)ccc2c1O. The average molecular weight is 254 g/mol. The Morgan fingerprint density at radius 3 is 2.37 bits per heavy atom. The van der Waals surface area contributed by atoms with Crippen molar-refractivity contribution < 1.29 is 14.6 Å². The summed E-state index contributed by atoms with van der Waals surface area (Å²) < 4.78 is 13.2. The number of benzene rings is 3. The van der Waals surface area contributed by atoms with Gasteiger partial charge >= 0.3 is 0 Å². The van der Waals surface area contributed by atoms with Crippen LogP contribution in [-0.4, -0.2) is 10.2 Å². The van der Waals surface area contributed by atoms with E-state index in [1.54, 1.807) is 24.3 Å². The highest BCUT2D eigenvalue weighted by atomic mass is 19.1. The minimum absolute atomic E-state index is 0.136. The van der Waals surface area contributed by atoms with Crippen LogP contribution in [0.1, 0.15) is 0 Å². The molecule has 3 aromatic rings. The Kier molecular flexibility index (Phi) is 2.60. The third kappa shape index (κ3) is 1.99. The molecular formula is C16H11FO2. The van der Waals surface area contributed by atoms with Crippen LogP contribution >= 0.6 is 0 Å². The van der Waals surface area contributed by atoms with Crippen molar-refractivity contribution in [2.75, 3.05) is 0 Å². The zero-order valence-corrected chi connectivity index (χ0v) is 9.97. The largest absolute Gasteiger partial charge is 0.504 e. The van der Waals surface area contributed by atoms with Gasteiger partial charge in [-0.05, 0) is 46.8 Å². The van der Waals surface area contributed by atoms with E-state index in [0.29, 0.717) is 5.39 Å². The predicted octanol–water partition coefficient (Wildman–Crippen LogP) is 4.06. The van der Waals surface area contributed by atoms with Gasteiger partial charge < -0.3 is 10.2 Å². The van der Waals surface area contributed by atoms with Crippen molar-refractivity contribution >= 4 is 10.8 Å². The molecule has 0 spiro atoms. The number of hydrogen-bond acceptors (Lipinski definition) is 2. The van der Waals surface area contributed by atoms with Gasteiger partial charge in [-0.15, -0.1) is 0 Å². The summed E-state index contributed by atoms with van der Waals surface area (Å²) in [5.74, 6) is -0.569.